The summed E-state index contributed by atoms with van der Waals surface area (Å²) < 4.78 is 1.73. The predicted octanol–water partition coefficient (Wildman–Crippen LogP) is 8.51. The van der Waals surface area contributed by atoms with Crippen molar-refractivity contribution in [2.75, 3.05) is 15.7 Å². The van der Waals surface area contributed by atoms with E-state index in [0.29, 0.717) is 45.4 Å². The van der Waals surface area contributed by atoms with E-state index in [4.69, 9.17) is 27.5 Å². The molecule has 208 valence electrons. The highest BCUT2D eigenvalue weighted by atomic mass is 127. The maximum absolute atomic E-state index is 12.4. The van der Waals surface area contributed by atoms with E-state index in [2.05, 4.69) is 56.6 Å². The molecular weight excluding hydrogens is 658 g/mol. The maximum atomic E-state index is 12.4. The molecule has 0 spiro atoms. The zero-order chi connectivity index (χ0) is 29.1. The van der Waals surface area contributed by atoms with Crippen molar-refractivity contribution in [1.29, 1.82) is 10.8 Å². The molecule has 1 atom stereocenters. The minimum absolute atomic E-state index is 0.266. The number of hydrogen-bond donors (Lipinski definition) is 5. The van der Waals surface area contributed by atoms with Crippen LogP contribution in [0.25, 0.3) is 16.7 Å². The SMILES string of the molecule is C/C=C(\C=N)C(=O)Nc1cccc(-n2nc(Nc3ccc(NPI)c(C=N)c3Cl)c3ncccc32)c1.CCCC. The molecule has 1 amide bonds. The lowest BCUT2D eigenvalue weighted by Crippen LogP contribution is -2.15. The molecule has 0 saturated carbocycles. The summed E-state index contributed by atoms with van der Waals surface area (Å²) >= 11 is 8.85. The summed E-state index contributed by atoms with van der Waals surface area (Å²) in [5.41, 5.74) is 4.90. The summed E-state index contributed by atoms with van der Waals surface area (Å²) in [6.07, 6.45) is 8.59. The van der Waals surface area contributed by atoms with Crippen LogP contribution < -0.4 is 15.7 Å². The van der Waals surface area contributed by atoms with Crippen LogP contribution in [0.2, 0.25) is 5.02 Å². The van der Waals surface area contributed by atoms with Crippen molar-refractivity contribution in [1.82, 2.24) is 14.8 Å². The van der Waals surface area contributed by atoms with Gasteiger partial charge in [-0.3, -0.25) is 9.78 Å². The molecular formula is C28H31ClIN8OP. The van der Waals surface area contributed by atoms with Gasteiger partial charge in [0, 0.05) is 41.9 Å². The predicted molar refractivity (Wildman–Crippen MR) is 179 cm³/mol. The highest BCUT2D eigenvalue weighted by Gasteiger charge is 2.17. The van der Waals surface area contributed by atoms with Crippen molar-refractivity contribution in [3.05, 3.63) is 77.0 Å². The Labute approximate surface area is 253 Å². The van der Waals surface area contributed by atoms with Gasteiger partial charge in [0.05, 0.1) is 27.5 Å². The topological polar surface area (TPSA) is 132 Å². The second-order valence-electron chi connectivity index (χ2n) is 8.40. The smallest absolute Gasteiger partial charge is 0.256 e. The van der Waals surface area contributed by atoms with Gasteiger partial charge in [-0.15, -0.1) is 5.10 Å². The summed E-state index contributed by atoms with van der Waals surface area (Å²) in [4.78, 5) is 16.9. The van der Waals surface area contributed by atoms with E-state index in [1.807, 2.05) is 36.4 Å². The number of fused-ring (bicyclic) bond motifs is 1. The van der Waals surface area contributed by atoms with Gasteiger partial charge in [-0.1, -0.05) is 50.4 Å². The Kier molecular flexibility index (Phi) is 12.0. The summed E-state index contributed by atoms with van der Waals surface area (Å²) in [6.45, 7) is 6.07. The molecule has 0 bridgehead atoms. The minimum Gasteiger partial charge on any atom is -0.358 e. The molecule has 5 N–H and O–H groups in total. The van der Waals surface area contributed by atoms with Crippen LogP contribution in [0, 0.1) is 10.8 Å². The molecule has 2 heterocycles. The highest BCUT2D eigenvalue weighted by Crippen LogP contribution is 2.36. The molecule has 2 aromatic heterocycles. The fourth-order valence-corrected chi connectivity index (χ4v) is 5.01. The van der Waals surface area contributed by atoms with Crippen molar-refractivity contribution in [2.45, 2.75) is 33.6 Å². The van der Waals surface area contributed by atoms with Crippen LogP contribution in [-0.2, 0) is 4.79 Å². The van der Waals surface area contributed by atoms with E-state index < -0.39 is 0 Å². The van der Waals surface area contributed by atoms with E-state index in [0.717, 1.165) is 17.4 Å². The lowest BCUT2D eigenvalue weighted by molar-refractivity contribution is -0.112. The molecule has 12 heteroatoms. The van der Waals surface area contributed by atoms with Crippen LogP contribution in [-0.4, -0.2) is 33.1 Å². The van der Waals surface area contributed by atoms with Crippen LogP contribution in [0.3, 0.4) is 0 Å². The lowest BCUT2D eigenvalue weighted by atomic mass is 10.1. The van der Waals surface area contributed by atoms with Gasteiger partial charge in [-0.05, 0) is 71.4 Å². The molecule has 0 aliphatic heterocycles. The third-order valence-electron chi connectivity index (χ3n) is 5.78. The number of carbonyl (C=O) groups excluding carboxylic acids is 1. The first-order valence-corrected chi connectivity index (χ1v) is 17.0. The van der Waals surface area contributed by atoms with Gasteiger partial charge < -0.3 is 26.5 Å². The van der Waals surface area contributed by atoms with Gasteiger partial charge in [0.25, 0.3) is 5.91 Å². The lowest BCUT2D eigenvalue weighted by Gasteiger charge is -2.13. The largest absolute Gasteiger partial charge is 0.358 e. The van der Waals surface area contributed by atoms with Crippen molar-refractivity contribution in [3.8, 4) is 5.69 Å². The molecule has 0 saturated heterocycles. The van der Waals surface area contributed by atoms with Gasteiger partial charge in [0.1, 0.15) is 5.52 Å². The normalized spacial score (nSPS) is 11.2. The number of aromatic nitrogens is 3. The molecule has 40 heavy (non-hydrogen) atoms. The van der Waals surface area contributed by atoms with Crippen molar-refractivity contribution in [2.24, 2.45) is 0 Å². The average molecular weight is 689 g/mol. The minimum atomic E-state index is -0.364. The number of benzene rings is 2. The molecule has 0 aliphatic carbocycles. The number of carbonyl (C=O) groups is 1. The summed E-state index contributed by atoms with van der Waals surface area (Å²) in [5, 5.41) is 29.6. The van der Waals surface area contributed by atoms with Crippen molar-refractivity contribution >= 4 is 92.3 Å². The highest BCUT2D eigenvalue weighted by molar-refractivity contribution is 14.2. The fourth-order valence-electron chi connectivity index (χ4n) is 3.55. The number of amides is 1. The molecule has 1 unspecified atom stereocenters. The molecule has 2 aromatic carbocycles. The Morgan fingerprint density at radius 3 is 2.52 bits per heavy atom. The Morgan fingerprint density at radius 2 is 1.88 bits per heavy atom. The molecule has 0 aliphatic rings. The summed E-state index contributed by atoms with van der Waals surface area (Å²) in [7, 11) is 0. The zero-order valence-corrected chi connectivity index (χ0v) is 26.3. The number of hydrogen-bond acceptors (Lipinski definition) is 7. The zero-order valence-electron chi connectivity index (χ0n) is 22.3. The molecule has 4 aromatic rings. The third-order valence-corrected chi connectivity index (χ3v) is 7.36. The van der Waals surface area contributed by atoms with E-state index >= 15 is 0 Å². The standard InChI is InChI=1S/C24H21ClIN8OP.C4H10/c1-2-14(12-27)24(35)30-15-5-3-6-16(11-15)34-20-7-4-10-29-22(20)23(32-34)31-19-9-8-18(33-36-26)17(13-28)21(19)25;1-3-4-2/h2-13,27-28,33,36H,1H3,(H,30,35)(H,31,32);3-4H2,1-2H3/b14-2+,27-12?,28-13?;. The number of allylic oxidation sites excluding steroid dienone is 1. The Balaban J connectivity index is 0.00000103. The maximum Gasteiger partial charge on any atom is 0.256 e. The van der Waals surface area contributed by atoms with Gasteiger partial charge in [-0.2, -0.15) is 0 Å². The van der Waals surface area contributed by atoms with Gasteiger partial charge in [0.15, 0.2) is 5.82 Å². The summed E-state index contributed by atoms with van der Waals surface area (Å²) in [6, 6.07) is 14.7. The first-order valence-electron chi connectivity index (χ1n) is 12.6. The Morgan fingerprint density at radius 1 is 1.12 bits per heavy atom. The quantitative estimate of drug-likeness (QED) is 0.0494. The van der Waals surface area contributed by atoms with E-state index in [9.17, 15) is 4.79 Å². The Hall–Kier alpha value is -3.34. The second kappa shape index (κ2) is 15.4. The number of rotatable bonds is 10. The average Bonchev–Trinajstić information content (AvgIpc) is 3.34. The number of nitrogens with zero attached hydrogens (tertiary/aromatic N) is 3. The van der Waals surface area contributed by atoms with E-state index in [-0.39, 0.29) is 11.5 Å². The van der Waals surface area contributed by atoms with Crippen molar-refractivity contribution in [3.63, 3.8) is 0 Å². The third kappa shape index (κ3) is 7.44. The monoisotopic (exact) mass is 688 g/mol. The van der Waals surface area contributed by atoms with Crippen LogP contribution in [0.5, 0.6) is 0 Å². The van der Waals surface area contributed by atoms with Crippen LogP contribution in [0.1, 0.15) is 39.2 Å². The number of nitrogens with one attached hydrogen (secondary N) is 5. The molecule has 4 rings (SSSR count). The first-order chi connectivity index (χ1) is 19.4. The number of unbranched alkanes of at least 4 members (excludes halogenated alkanes) is 1. The molecule has 0 fully saturated rings. The summed E-state index contributed by atoms with van der Waals surface area (Å²) in [5.74, 6) is 0.131. The van der Waals surface area contributed by atoms with E-state index in [1.54, 1.807) is 36.0 Å². The fraction of sp³-hybridized carbons (Fsp3) is 0.179. The van der Waals surface area contributed by atoms with Crippen LogP contribution in [0.4, 0.5) is 22.9 Å². The second-order valence-corrected chi connectivity index (χ2v) is 10.8. The van der Waals surface area contributed by atoms with Gasteiger partial charge >= 0.3 is 0 Å². The molecule has 9 nitrogen and oxygen atoms in total. The Bertz CT molecular complexity index is 1540. The van der Waals surface area contributed by atoms with Crippen molar-refractivity contribution < 1.29 is 4.79 Å². The number of halogens is 2. The molecule has 0 radical (unpaired) electrons. The van der Waals surface area contributed by atoms with Crippen LogP contribution in [0.15, 0.2) is 66.4 Å². The number of anilines is 4. The van der Waals surface area contributed by atoms with Gasteiger partial charge in [0.2, 0.25) is 0 Å². The van der Waals surface area contributed by atoms with Gasteiger partial charge in [-0.25, -0.2) is 4.68 Å². The number of pyridine rings is 1. The van der Waals surface area contributed by atoms with Crippen LogP contribution >= 0.6 is 40.0 Å². The van der Waals surface area contributed by atoms with E-state index in [1.165, 1.54) is 19.1 Å². The first kappa shape index (κ1) is 31.2.